The van der Waals surface area contributed by atoms with E-state index in [-0.39, 0.29) is 5.46 Å². The highest BCUT2D eigenvalue weighted by Crippen LogP contribution is 2.06. The van der Waals surface area contributed by atoms with E-state index < -0.39 is 14.2 Å². The summed E-state index contributed by atoms with van der Waals surface area (Å²) < 4.78 is 16.6. The number of nitrogens with zero attached hydrogens (tertiary/aromatic N) is 1. The van der Waals surface area contributed by atoms with Crippen LogP contribution in [0, 0.1) is 0 Å². The highest BCUT2D eigenvalue weighted by Gasteiger charge is 2.27. The number of pyridine rings is 1. The first-order valence-electron chi connectivity index (χ1n) is 6.49. The number of methoxy groups -OCH3 is 2. The van der Waals surface area contributed by atoms with Crippen LogP contribution in [0.25, 0.3) is 0 Å². The fourth-order valence-electron chi connectivity index (χ4n) is 1.83. The van der Waals surface area contributed by atoms with Gasteiger partial charge in [0.1, 0.15) is 5.75 Å². The minimum absolute atomic E-state index is 0.164. The van der Waals surface area contributed by atoms with Gasteiger partial charge in [0.25, 0.3) is 6.20 Å². The SMILES string of the molecule is COc1cccc(B(O)O[n+]2cc(OC)cc(B(O)O)c2)c1. The first kappa shape index (κ1) is 16.2. The second-order valence-electron chi connectivity index (χ2n) is 4.48. The van der Waals surface area contributed by atoms with Gasteiger partial charge in [-0.25, -0.2) is 0 Å². The summed E-state index contributed by atoms with van der Waals surface area (Å²) in [7, 11) is 0.0128. The Bertz CT molecular complexity index is 640. The van der Waals surface area contributed by atoms with E-state index in [1.807, 2.05) is 0 Å². The summed E-state index contributed by atoms with van der Waals surface area (Å²) in [4.78, 5) is 0. The predicted molar refractivity (Wildman–Crippen MR) is 80.2 cm³/mol. The van der Waals surface area contributed by atoms with Crippen molar-refractivity contribution in [3.8, 4) is 11.5 Å². The summed E-state index contributed by atoms with van der Waals surface area (Å²) in [5.41, 5.74) is 0.651. The van der Waals surface area contributed by atoms with Gasteiger partial charge in [-0.1, -0.05) is 12.1 Å². The molecular formula is C13H16B2NO6+. The van der Waals surface area contributed by atoms with Gasteiger partial charge in [-0.15, -0.1) is 0 Å². The van der Waals surface area contributed by atoms with Gasteiger partial charge in [-0.05, 0) is 22.9 Å². The zero-order valence-corrected chi connectivity index (χ0v) is 12.2. The van der Waals surface area contributed by atoms with Crippen LogP contribution in [0.4, 0.5) is 0 Å². The van der Waals surface area contributed by atoms with Gasteiger partial charge in [0.05, 0.1) is 19.7 Å². The lowest BCUT2D eigenvalue weighted by molar-refractivity contribution is -0.863. The van der Waals surface area contributed by atoms with Crippen molar-refractivity contribution in [2.24, 2.45) is 0 Å². The molecule has 0 atom stereocenters. The van der Waals surface area contributed by atoms with Crippen LogP contribution >= 0.6 is 0 Å². The van der Waals surface area contributed by atoms with Crippen molar-refractivity contribution < 1.29 is 34.0 Å². The number of hydrogen-bond donors (Lipinski definition) is 3. The monoisotopic (exact) mass is 304 g/mol. The lowest BCUT2D eigenvalue weighted by Gasteiger charge is -2.07. The molecule has 2 aromatic rings. The molecular weight excluding hydrogens is 288 g/mol. The van der Waals surface area contributed by atoms with E-state index in [1.165, 1.54) is 32.7 Å². The van der Waals surface area contributed by atoms with Crippen LogP contribution in [-0.4, -0.2) is 43.5 Å². The molecule has 0 saturated heterocycles. The maximum Gasteiger partial charge on any atom is 0.640 e. The van der Waals surface area contributed by atoms with E-state index in [0.717, 1.165) is 4.73 Å². The van der Waals surface area contributed by atoms with Crippen LogP contribution in [0.2, 0.25) is 0 Å². The highest BCUT2D eigenvalue weighted by molar-refractivity contribution is 6.60. The molecule has 0 bridgehead atoms. The van der Waals surface area contributed by atoms with E-state index in [4.69, 9.17) is 14.2 Å². The van der Waals surface area contributed by atoms with E-state index in [1.54, 1.807) is 24.3 Å². The summed E-state index contributed by atoms with van der Waals surface area (Å²) >= 11 is 0. The fraction of sp³-hybridized carbons (Fsp3) is 0.154. The number of benzene rings is 1. The van der Waals surface area contributed by atoms with Gasteiger partial charge in [-0.2, -0.15) is 0 Å². The van der Waals surface area contributed by atoms with Crippen molar-refractivity contribution >= 4 is 25.2 Å². The standard InChI is InChI=1S/C13H16B2NO6/c1-20-12-5-3-4-10(6-12)15(19)22-16-8-11(14(17)18)7-13(9-16)21-2/h3-9,17-19H,1-2H3/q+1. The molecule has 9 heteroatoms. The quantitative estimate of drug-likeness (QED) is 0.403. The molecule has 0 amide bonds. The van der Waals surface area contributed by atoms with E-state index in [9.17, 15) is 15.1 Å². The average molecular weight is 304 g/mol. The zero-order chi connectivity index (χ0) is 16.1. The van der Waals surface area contributed by atoms with Crippen LogP contribution in [0.3, 0.4) is 0 Å². The third kappa shape index (κ3) is 3.91. The lowest BCUT2D eigenvalue weighted by Crippen LogP contribution is -2.57. The summed E-state index contributed by atoms with van der Waals surface area (Å²) in [6.45, 7) is 0. The molecule has 2 rings (SSSR count). The molecule has 0 aliphatic heterocycles. The van der Waals surface area contributed by atoms with Crippen LogP contribution in [0.5, 0.6) is 11.5 Å². The lowest BCUT2D eigenvalue weighted by atomic mass is 9.80. The van der Waals surface area contributed by atoms with Crippen LogP contribution in [0.1, 0.15) is 0 Å². The van der Waals surface area contributed by atoms with Gasteiger partial charge >= 0.3 is 14.2 Å². The Morgan fingerprint density at radius 1 is 0.909 bits per heavy atom. The first-order chi connectivity index (χ1) is 10.5. The largest absolute Gasteiger partial charge is 0.640 e. The second kappa shape index (κ2) is 7.17. The molecule has 7 nitrogen and oxygen atoms in total. The number of rotatable bonds is 6. The Hall–Kier alpha value is -2.22. The maximum atomic E-state index is 10.1. The Balaban J connectivity index is 2.23. The van der Waals surface area contributed by atoms with Gasteiger partial charge in [-0.3, -0.25) is 0 Å². The minimum Gasteiger partial charge on any atom is -0.497 e. The van der Waals surface area contributed by atoms with Crippen molar-refractivity contribution in [2.45, 2.75) is 0 Å². The third-order valence-electron chi connectivity index (χ3n) is 2.97. The topological polar surface area (TPSA) is 92.3 Å². The molecule has 3 N–H and O–H groups in total. The van der Waals surface area contributed by atoms with Crippen LogP contribution in [-0.2, 0) is 0 Å². The second-order valence-corrected chi connectivity index (χ2v) is 4.48. The molecule has 1 aromatic heterocycles. The molecule has 22 heavy (non-hydrogen) atoms. The molecule has 1 heterocycles. The Morgan fingerprint density at radius 3 is 2.23 bits per heavy atom. The van der Waals surface area contributed by atoms with Crippen molar-refractivity contribution in [3.05, 3.63) is 42.7 Å². The van der Waals surface area contributed by atoms with Gasteiger partial charge < -0.3 is 29.3 Å². The normalized spacial score (nSPS) is 10.0. The van der Waals surface area contributed by atoms with Gasteiger partial charge in [0, 0.05) is 5.46 Å². The van der Waals surface area contributed by atoms with E-state index in [2.05, 4.69) is 0 Å². The van der Waals surface area contributed by atoms with E-state index >= 15 is 0 Å². The van der Waals surface area contributed by atoms with E-state index in [0.29, 0.717) is 17.0 Å². The number of aromatic nitrogens is 1. The maximum absolute atomic E-state index is 10.1. The first-order valence-corrected chi connectivity index (χ1v) is 6.49. The Kier molecular flexibility index (Phi) is 5.26. The van der Waals surface area contributed by atoms with Crippen molar-refractivity contribution in [1.29, 1.82) is 0 Å². The molecule has 0 radical (unpaired) electrons. The summed E-state index contributed by atoms with van der Waals surface area (Å²) in [6.07, 6.45) is 2.78. The number of hydrogen-bond acceptors (Lipinski definition) is 6. The molecule has 0 saturated carbocycles. The fourth-order valence-corrected chi connectivity index (χ4v) is 1.83. The molecule has 0 fully saturated rings. The van der Waals surface area contributed by atoms with Crippen molar-refractivity contribution in [3.63, 3.8) is 0 Å². The summed E-state index contributed by atoms with van der Waals surface area (Å²) in [5.74, 6) is 0.936. The zero-order valence-electron chi connectivity index (χ0n) is 12.2. The Morgan fingerprint density at radius 2 is 1.59 bits per heavy atom. The van der Waals surface area contributed by atoms with Gasteiger partial charge in [0.2, 0.25) is 6.20 Å². The molecule has 0 aliphatic carbocycles. The van der Waals surface area contributed by atoms with Gasteiger partial charge in [0.15, 0.2) is 5.75 Å². The third-order valence-corrected chi connectivity index (χ3v) is 2.97. The molecule has 1 aromatic carbocycles. The minimum atomic E-state index is -1.68. The van der Waals surface area contributed by atoms with Crippen LogP contribution < -0.4 is 29.9 Å². The number of ether oxygens (including phenoxy) is 2. The summed E-state index contributed by atoms with van der Waals surface area (Å²) in [5, 5.41) is 28.6. The molecule has 114 valence electrons. The smallest absolute Gasteiger partial charge is 0.497 e. The Labute approximate surface area is 128 Å². The van der Waals surface area contributed by atoms with Crippen molar-refractivity contribution in [2.75, 3.05) is 14.2 Å². The predicted octanol–water partition coefficient (Wildman–Crippen LogP) is -2.51. The average Bonchev–Trinajstić information content (AvgIpc) is 2.54. The van der Waals surface area contributed by atoms with Crippen molar-refractivity contribution in [1.82, 2.24) is 0 Å². The van der Waals surface area contributed by atoms with Crippen LogP contribution in [0.15, 0.2) is 42.7 Å². The summed E-state index contributed by atoms with van der Waals surface area (Å²) in [6, 6.07) is 8.22. The highest BCUT2D eigenvalue weighted by atomic mass is 16.7. The molecule has 0 unspecified atom stereocenters. The molecule has 0 spiro atoms. The molecule has 0 aliphatic rings.